The summed E-state index contributed by atoms with van der Waals surface area (Å²) in [5.41, 5.74) is 6.57. The minimum Gasteiger partial charge on any atom is -0.508 e. The first-order chi connectivity index (χ1) is 18.8. The van der Waals surface area contributed by atoms with Gasteiger partial charge in [-0.15, -0.1) is 0 Å². The van der Waals surface area contributed by atoms with E-state index >= 15 is 0 Å². The average molecular weight is 563 g/mol. The molecule has 0 aliphatic carbocycles. The van der Waals surface area contributed by atoms with Crippen LogP contribution in [0.1, 0.15) is 30.5 Å². The highest BCUT2D eigenvalue weighted by molar-refractivity contribution is 5.95. The number of hydrogen-bond acceptors (Lipinski definition) is 9. The molecule has 0 saturated heterocycles. The average Bonchev–Trinajstić information content (AvgIpc) is 3.40. The van der Waals surface area contributed by atoms with Crippen molar-refractivity contribution in [3.63, 3.8) is 0 Å². The van der Waals surface area contributed by atoms with Gasteiger partial charge >= 0.3 is 17.9 Å². The summed E-state index contributed by atoms with van der Waals surface area (Å²) in [5, 5.41) is 43.9. The predicted octanol–water partition coefficient (Wildman–Crippen LogP) is -1.89. The van der Waals surface area contributed by atoms with E-state index in [9.17, 15) is 44.1 Å². The molecule has 216 valence electrons. The van der Waals surface area contributed by atoms with E-state index in [-0.39, 0.29) is 25.0 Å². The van der Waals surface area contributed by atoms with E-state index in [2.05, 4.69) is 25.9 Å². The van der Waals surface area contributed by atoms with Crippen LogP contribution in [0.5, 0.6) is 5.75 Å². The zero-order chi connectivity index (χ0) is 29.8. The fourth-order valence-electron chi connectivity index (χ4n) is 3.51. The number of hydrogen-bond donors (Lipinski definition) is 9. The number of nitrogens with two attached hydrogens (primary N) is 1. The van der Waals surface area contributed by atoms with Gasteiger partial charge in [-0.1, -0.05) is 12.1 Å². The molecule has 16 heteroatoms. The summed E-state index contributed by atoms with van der Waals surface area (Å²) in [7, 11) is 0. The summed E-state index contributed by atoms with van der Waals surface area (Å²) in [6, 6.07) is -0.329. The number of carbonyl (C=O) groups is 6. The summed E-state index contributed by atoms with van der Waals surface area (Å²) in [6.07, 6.45) is 0.715. The van der Waals surface area contributed by atoms with Crippen molar-refractivity contribution in [1.82, 2.24) is 25.9 Å². The molecular weight excluding hydrogens is 532 g/mol. The van der Waals surface area contributed by atoms with Crippen LogP contribution in [0.4, 0.5) is 0 Å². The molecule has 1 heterocycles. The molecule has 1 aromatic heterocycles. The Morgan fingerprint density at radius 1 is 0.825 bits per heavy atom. The van der Waals surface area contributed by atoms with Crippen LogP contribution in [0.25, 0.3) is 0 Å². The van der Waals surface area contributed by atoms with Gasteiger partial charge in [0, 0.05) is 31.2 Å². The lowest BCUT2D eigenvalue weighted by molar-refractivity contribution is -0.143. The third kappa shape index (κ3) is 10.4. The molecule has 0 radical (unpaired) electrons. The largest absolute Gasteiger partial charge is 0.508 e. The lowest BCUT2D eigenvalue weighted by atomic mass is 10.0. The smallest absolute Gasteiger partial charge is 0.326 e. The Hall–Kier alpha value is -4.99. The molecule has 0 saturated carbocycles. The maximum atomic E-state index is 13.2. The van der Waals surface area contributed by atoms with Gasteiger partial charge in [-0.2, -0.15) is 0 Å². The first kappa shape index (κ1) is 31.2. The zero-order valence-corrected chi connectivity index (χ0v) is 21.1. The summed E-state index contributed by atoms with van der Waals surface area (Å²) >= 11 is 0. The van der Waals surface area contributed by atoms with Gasteiger partial charge in [0.2, 0.25) is 17.7 Å². The van der Waals surface area contributed by atoms with Crippen molar-refractivity contribution < 1.29 is 49.2 Å². The Bertz CT molecular complexity index is 1200. The standard InChI is InChI=1S/C24H30N6O10/c25-15(5-6-19(32)33)21(36)28-16(7-12-1-3-14(31)4-2-12)22(37)29-17(9-20(34)35)23(38)30-18(24(39)40)8-13-10-26-11-27-13/h1-4,10-11,15-18,31H,5-9,25H2,(H,26,27)(H,28,36)(H,29,37)(H,30,38)(H,32,33)(H,34,35)(H,39,40). The third-order valence-electron chi connectivity index (χ3n) is 5.62. The van der Waals surface area contributed by atoms with E-state index in [1.807, 2.05) is 0 Å². The van der Waals surface area contributed by atoms with E-state index in [0.717, 1.165) is 0 Å². The molecule has 10 N–H and O–H groups in total. The van der Waals surface area contributed by atoms with Gasteiger partial charge in [-0.05, 0) is 24.1 Å². The number of amides is 3. The van der Waals surface area contributed by atoms with Crippen molar-refractivity contribution in [3.05, 3.63) is 48.0 Å². The van der Waals surface area contributed by atoms with Crippen LogP contribution in [0.15, 0.2) is 36.8 Å². The Morgan fingerprint density at radius 3 is 1.98 bits per heavy atom. The Balaban J connectivity index is 2.22. The number of aliphatic carboxylic acids is 3. The molecule has 2 aromatic rings. The van der Waals surface area contributed by atoms with Crippen molar-refractivity contribution >= 4 is 35.6 Å². The molecule has 0 fully saturated rings. The van der Waals surface area contributed by atoms with E-state index in [1.165, 1.54) is 36.8 Å². The predicted molar refractivity (Wildman–Crippen MR) is 135 cm³/mol. The highest BCUT2D eigenvalue weighted by Gasteiger charge is 2.32. The van der Waals surface area contributed by atoms with Crippen LogP contribution in [0.3, 0.4) is 0 Å². The summed E-state index contributed by atoms with van der Waals surface area (Å²) < 4.78 is 0. The second kappa shape index (κ2) is 14.8. The van der Waals surface area contributed by atoms with Crippen LogP contribution in [0.2, 0.25) is 0 Å². The van der Waals surface area contributed by atoms with Gasteiger partial charge in [-0.25, -0.2) is 9.78 Å². The number of H-pyrrole nitrogens is 1. The summed E-state index contributed by atoms with van der Waals surface area (Å²) in [6.45, 7) is 0. The van der Waals surface area contributed by atoms with Crippen molar-refractivity contribution in [2.24, 2.45) is 5.73 Å². The van der Waals surface area contributed by atoms with E-state index in [0.29, 0.717) is 11.3 Å². The van der Waals surface area contributed by atoms with Crippen molar-refractivity contribution in [2.75, 3.05) is 0 Å². The van der Waals surface area contributed by atoms with E-state index in [4.69, 9.17) is 10.8 Å². The fourth-order valence-corrected chi connectivity index (χ4v) is 3.51. The lowest BCUT2D eigenvalue weighted by Crippen LogP contribution is -2.58. The van der Waals surface area contributed by atoms with E-state index in [1.54, 1.807) is 0 Å². The lowest BCUT2D eigenvalue weighted by Gasteiger charge is -2.24. The van der Waals surface area contributed by atoms with Crippen LogP contribution in [-0.2, 0) is 41.6 Å². The monoisotopic (exact) mass is 562 g/mol. The molecule has 16 nitrogen and oxygen atoms in total. The molecule has 4 atom stereocenters. The number of imidazole rings is 1. The van der Waals surface area contributed by atoms with Crippen molar-refractivity contribution in [3.8, 4) is 5.75 Å². The zero-order valence-electron chi connectivity index (χ0n) is 21.1. The van der Waals surface area contributed by atoms with Crippen molar-refractivity contribution in [1.29, 1.82) is 0 Å². The quantitative estimate of drug-likeness (QED) is 0.109. The SMILES string of the molecule is NC(CCC(=O)O)C(=O)NC(Cc1ccc(O)cc1)C(=O)NC(CC(=O)O)C(=O)NC(Cc1cnc[nH]1)C(=O)O. The number of carboxylic acid groups (broad SMARTS) is 3. The van der Waals surface area contributed by atoms with Crippen molar-refractivity contribution in [2.45, 2.75) is 56.3 Å². The fraction of sp³-hybridized carbons (Fsp3) is 0.375. The minimum atomic E-state index is -1.73. The summed E-state index contributed by atoms with van der Waals surface area (Å²) in [5.74, 6) is -7.11. The van der Waals surface area contributed by atoms with Gasteiger partial charge in [-0.3, -0.25) is 24.0 Å². The maximum Gasteiger partial charge on any atom is 0.326 e. The first-order valence-electron chi connectivity index (χ1n) is 11.9. The number of phenols is 1. The number of benzene rings is 1. The Kier molecular flexibility index (Phi) is 11.6. The highest BCUT2D eigenvalue weighted by Crippen LogP contribution is 2.12. The number of aromatic hydroxyl groups is 1. The number of rotatable bonds is 16. The van der Waals surface area contributed by atoms with Gasteiger partial charge in [0.05, 0.1) is 18.8 Å². The number of aromatic nitrogens is 2. The Labute approximate surface area is 227 Å². The molecule has 0 spiro atoms. The molecule has 2 rings (SSSR count). The molecule has 3 amide bonds. The van der Waals surface area contributed by atoms with Gasteiger partial charge in [0.25, 0.3) is 0 Å². The van der Waals surface area contributed by atoms with Gasteiger partial charge in [0.1, 0.15) is 23.9 Å². The molecule has 0 bridgehead atoms. The first-order valence-corrected chi connectivity index (χ1v) is 11.9. The number of nitrogens with zero attached hydrogens (tertiary/aromatic N) is 1. The van der Waals surface area contributed by atoms with Gasteiger partial charge < -0.3 is 47.1 Å². The normalized spacial score (nSPS) is 13.7. The van der Waals surface area contributed by atoms with Gasteiger partial charge in [0.15, 0.2) is 0 Å². The minimum absolute atomic E-state index is 0.0641. The molecule has 4 unspecified atom stereocenters. The molecule has 1 aromatic carbocycles. The highest BCUT2D eigenvalue weighted by atomic mass is 16.4. The van der Waals surface area contributed by atoms with E-state index < -0.39 is 72.6 Å². The summed E-state index contributed by atoms with van der Waals surface area (Å²) in [4.78, 5) is 79.0. The molecular formula is C24H30N6O10. The maximum absolute atomic E-state index is 13.2. The second-order valence-electron chi connectivity index (χ2n) is 8.81. The Morgan fingerprint density at radius 2 is 1.43 bits per heavy atom. The third-order valence-corrected chi connectivity index (χ3v) is 5.62. The number of carbonyl (C=O) groups excluding carboxylic acids is 3. The number of aromatic amines is 1. The number of carboxylic acids is 3. The van der Waals surface area contributed by atoms with Crippen LogP contribution in [-0.4, -0.2) is 90.2 Å². The van der Waals surface area contributed by atoms with Crippen LogP contribution in [0, 0.1) is 0 Å². The topological polar surface area (TPSA) is 274 Å². The van der Waals surface area contributed by atoms with Crippen LogP contribution >= 0.6 is 0 Å². The number of nitrogens with one attached hydrogen (secondary N) is 4. The number of phenolic OH excluding ortho intramolecular Hbond substituents is 1. The van der Waals surface area contributed by atoms with Crippen LogP contribution < -0.4 is 21.7 Å². The molecule has 0 aliphatic heterocycles. The molecule has 0 aliphatic rings. The second-order valence-corrected chi connectivity index (χ2v) is 8.81. The molecule has 40 heavy (non-hydrogen) atoms.